The van der Waals surface area contributed by atoms with Gasteiger partial charge in [-0.3, -0.25) is 14.9 Å². The summed E-state index contributed by atoms with van der Waals surface area (Å²) < 4.78 is 2.61. The zero-order chi connectivity index (χ0) is 23.8. The van der Waals surface area contributed by atoms with Crippen molar-refractivity contribution in [2.24, 2.45) is 5.92 Å². The third kappa shape index (κ3) is 4.42. The van der Waals surface area contributed by atoms with Crippen LogP contribution in [-0.4, -0.2) is 51.8 Å². The van der Waals surface area contributed by atoms with E-state index in [9.17, 15) is 9.90 Å². The van der Waals surface area contributed by atoms with Crippen molar-refractivity contribution in [1.82, 2.24) is 40.0 Å². The number of hydrogen-bond acceptors (Lipinski definition) is 8. The van der Waals surface area contributed by atoms with Gasteiger partial charge in [-0.1, -0.05) is 36.8 Å². The first kappa shape index (κ1) is 22.9. The van der Waals surface area contributed by atoms with Crippen LogP contribution in [0.4, 0.5) is 0 Å². The molecule has 1 saturated carbocycles. The van der Waals surface area contributed by atoms with Gasteiger partial charge in [0.25, 0.3) is 5.91 Å². The van der Waals surface area contributed by atoms with Crippen LogP contribution in [0, 0.1) is 5.92 Å². The van der Waals surface area contributed by atoms with E-state index in [0.717, 1.165) is 24.8 Å². The van der Waals surface area contributed by atoms with Crippen LogP contribution in [0.15, 0.2) is 24.8 Å². The lowest BCUT2D eigenvalue weighted by molar-refractivity contribution is 0.0912. The van der Waals surface area contributed by atoms with Gasteiger partial charge in [0.1, 0.15) is 33.8 Å². The summed E-state index contributed by atoms with van der Waals surface area (Å²) in [5.74, 6) is 0.963. The number of pyridine rings is 1. The first-order valence-electron chi connectivity index (χ1n) is 11.2. The molecule has 4 heterocycles. The normalized spacial score (nSPS) is 19.6. The lowest BCUT2D eigenvalue weighted by Crippen LogP contribution is -2.39. The topological polar surface area (TPSA) is 134 Å². The largest absolute Gasteiger partial charge is 0.385 e. The average Bonchev–Trinajstić information content (AvgIpc) is 3.57. The molecule has 34 heavy (non-hydrogen) atoms. The Kier molecular flexibility index (Phi) is 6.32. The second kappa shape index (κ2) is 9.40. The number of aromatic nitrogens is 7. The van der Waals surface area contributed by atoms with Crippen molar-refractivity contribution in [3.05, 3.63) is 40.0 Å². The molecule has 3 N–H and O–H groups in total. The maximum absolute atomic E-state index is 12.7. The predicted molar refractivity (Wildman–Crippen MR) is 129 cm³/mol. The molecule has 0 spiro atoms. The van der Waals surface area contributed by atoms with E-state index in [4.69, 9.17) is 16.6 Å². The fourth-order valence-corrected chi connectivity index (χ4v) is 5.32. The van der Waals surface area contributed by atoms with Crippen LogP contribution in [0.25, 0.3) is 22.6 Å². The molecule has 5 rings (SSSR count). The Morgan fingerprint density at radius 2 is 2.15 bits per heavy atom. The monoisotopic (exact) mass is 500 g/mol. The van der Waals surface area contributed by atoms with E-state index in [1.165, 1.54) is 23.9 Å². The summed E-state index contributed by atoms with van der Waals surface area (Å²) >= 11 is 7.11. The lowest BCUT2D eigenvalue weighted by Gasteiger charge is -2.32. The number of thiazole rings is 1. The molecule has 1 amide bonds. The van der Waals surface area contributed by atoms with Gasteiger partial charge in [-0.15, -0.1) is 0 Å². The molecule has 10 nitrogen and oxygen atoms in total. The molecule has 1 fully saturated rings. The SMILES string of the molecule is CC(C)C(O)c1nc2cnc(-c3ncn[nH]3)cc2n1C1CCC[C@H](NC(=O)c2ncc(Cl)s2)C1. The van der Waals surface area contributed by atoms with E-state index in [0.29, 0.717) is 38.6 Å². The Bertz CT molecular complexity index is 1300. The van der Waals surface area contributed by atoms with Crippen molar-refractivity contribution in [3.63, 3.8) is 0 Å². The van der Waals surface area contributed by atoms with Gasteiger partial charge < -0.3 is 15.0 Å². The molecule has 0 aliphatic heterocycles. The highest BCUT2D eigenvalue weighted by Gasteiger charge is 2.31. The van der Waals surface area contributed by atoms with Crippen LogP contribution in [0.3, 0.4) is 0 Å². The molecule has 3 atom stereocenters. The molecule has 178 valence electrons. The molecule has 1 aliphatic rings. The number of rotatable bonds is 6. The Labute approximate surface area is 204 Å². The maximum atomic E-state index is 12.7. The number of halogens is 1. The molecule has 2 unspecified atom stereocenters. The van der Waals surface area contributed by atoms with E-state index >= 15 is 0 Å². The van der Waals surface area contributed by atoms with Crippen LogP contribution in [0.5, 0.6) is 0 Å². The van der Waals surface area contributed by atoms with Crippen LogP contribution >= 0.6 is 22.9 Å². The highest BCUT2D eigenvalue weighted by atomic mass is 35.5. The Morgan fingerprint density at radius 1 is 1.29 bits per heavy atom. The number of aliphatic hydroxyl groups excluding tert-OH is 1. The molecule has 0 bridgehead atoms. The second-order valence-corrected chi connectivity index (χ2v) is 10.5. The summed E-state index contributed by atoms with van der Waals surface area (Å²) in [6.45, 7) is 3.94. The molecule has 0 saturated heterocycles. The first-order valence-corrected chi connectivity index (χ1v) is 12.4. The number of aromatic amines is 1. The number of nitrogens with one attached hydrogen (secondary N) is 2. The number of hydrogen-bond donors (Lipinski definition) is 3. The summed E-state index contributed by atoms with van der Waals surface area (Å²) in [4.78, 5) is 30.2. The number of amides is 1. The van der Waals surface area contributed by atoms with Crippen molar-refractivity contribution in [2.45, 2.75) is 57.7 Å². The fraction of sp³-hybridized carbons (Fsp3) is 0.455. The Morgan fingerprint density at radius 3 is 2.85 bits per heavy atom. The van der Waals surface area contributed by atoms with E-state index in [-0.39, 0.29) is 23.9 Å². The van der Waals surface area contributed by atoms with E-state index in [1.807, 2.05) is 19.9 Å². The number of carbonyl (C=O) groups is 1. The first-order chi connectivity index (χ1) is 16.4. The highest BCUT2D eigenvalue weighted by molar-refractivity contribution is 7.17. The zero-order valence-corrected chi connectivity index (χ0v) is 20.3. The quantitative estimate of drug-likeness (QED) is 0.365. The molecular weight excluding hydrogens is 476 g/mol. The van der Waals surface area contributed by atoms with E-state index < -0.39 is 6.10 Å². The molecule has 4 aromatic rings. The minimum Gasteiger partial charge on any atom is -0.385 e. The van der Waals surface area contributed by atoms with Crippen molar-refractivity contribution >= 4 is 39.9 Å². The van der Waals surface area contributed by atoms with Gasteiger partial charge in [0, 0.05) is 12.1 Å². The summed E-state index contributed by atoms with van der Waals surface area (Å²) in [5, 5.41) is 21.2. The van der Waals surface area contributed by atoms with Gasteiger partial charge in [-0.2, -0.15) is 5.10 Å². The molecular formula is C22H25ClN8O2S. The fourth-order valence-electron chi connectivity index (χ4n) is 4.50. The standard InChI is InChI=1S/C22H25ClN8O2S/c1-11(2)18(32)20-29-15-8-24-14(19-26-10-27-30-19)7-16(15)31(20)13-5-3-4-12(6-13)28-21(33)22-25-9-17(23)34-22/h7-13,18,32H,3-6H2,1-2H3,(H,28,33)(H,26,27,30)/t12-,13?,18?/m0/s1. The minimum absolute atomic E-state index is 0.00833. The van der Waals surface area contributed by atoms with Gasteiger partial charge in [0.2, 0.25) is 0 Å². The zero-order valence-electron chi connectivity index (χ0n) is 18.8. The van der Waals surface area contributed by atoms with Crippen LogP contribution in [0.1, 0.15) is 67.3 Å². The number of fused-ring (bicyclic) bond motifs is 1. The van der Waals surface area contributed by atoms with Gasteiger partial charge in [0.05, 0.1) is 17.9 Å². The minimum atomic E-state index is -0.728. The number of H-pyrrole nitrogens is 1. The number of nitrogens with zero attached hydrogens (tertiary/aromatic N) is 6. The maximum Gasteiger partial charge on any atom is 0.280 e. The van der Waals surface area contributed by atoms with Crippen molar-refractivity contribution in [2.75, 3.05) is 0 Å². The van der Waals surface area contributed by atoms with Crippen LogP contribution in [-0.2, 0) is 0 Å². The summed E-state index contributed by atoms with van der Waals surface area (Å²) in [6, 6.07) is 1.96. The van der Waals surface area contributed by atoms with Gasteiger partial charge >= 0.3 is 0 Å². The second-order valence-electron chi connectivity index (χ2n) is 8.88. The Hall–Kier alpha value is -2.89. The van der Waals surface area contributed by atoms with Crippen LogP contribution < -0.4 is 5.32 Å². The summed E-state index contributed by atoms with van der Waals surface area (Å²) in [7, 11) is 0. The van der Waals surface area contributed by atoms with E-state index in [2.05, 4.69) is 35.0 Å². The summed E-state index contributed by atoms with van der Waals surface area (Å²) in [6.07, 6.45) is 7.35. The van der Waals surface area contributed by atoms with Crippen molar-refractivity contribution in [3.8, 4) is 11.5 Å². The van der Waals surface area contributed by atoms with Gasteiger partial charge in [-0.05, 0) is 37.7 Å². The molecule has 0 aromatic carbocycles. The lowest BCUT2D eigenvalue weighted by atomic mass is 9.90. The molecule has 12 heteroatoms. The smallest absolute Gasteiger partial charge is 0.280 e. The Balaban J connectivity index is 1.49. The molecule has 1 aliphatic carbocycles. The average molecular weight is 501 g/mol. The highest BCUT2D eigenvalue weighted by Crippen LogP contribution is 2.36. The third-order valence-electron chi connectivity index (χ3n) is 6.18. The third-order valence-corrected chi connectivity index (χ3v) is 7.29. The van der Waals surface area contributed by atoms with Gasteiger partial charge in [-0.25, -0.2) is 15.0 Å². The summed E-state index contributed by atoms with van der Waals surface area (Å²) in [5.41, 5.74) is 2.24. The number of aliphatic hydroxyl groups is 1. The van der Waals surface area contributed by atoms with Crippen molar-refractivity contribution < 1.29 is 9.90 Å². The number of imidazole rings is 1. The van der Waals surface area contributed by atoms with Gasteiger partial charge in [0.15, 0.2) is 10.8 Å². The van der Waals surface area contributed by atoms with Crippen LogP contribution in [0.2, 0.25) is 4.34 Å². The number of carbonyl (C=O) groups excluding carboxylic acids is 1. The predicted octanol–water partition coefficient (Wildman–Crippen LogP) is 3.93. The van der Waals surface area contributed by atoms with Crippen molar-refractivity contribution in [1.29, 1.82) is 0 Å². The van der Waals surface area contributed by atoms with E-state index in [1.54, 1.807) is 6.20 Å². The molecule has 0 radical (unpaired) electrons. The molecule has 4 aromatic heterocycles.